The Kier molecular flexibility index (Phi) is 4.02. The van der Waals surface area contributed by atoms with Gasteiger partial charge in [-0.2, -0.15) is 0 Å². The molecule has 1 heterocycles. The molecule has 2 aromatic rings. The zero-order valence-electron chi connectivity index (χ0n) is 10.4. The Morgan fingerprint density at radius 2 is 1.95 bits per heavy atom. The molecule has 0 aliphatic rings. The van der Waals surface area contributed by atoms with Gasteiger partial charge in [0.15, 0.2) is 0 Å². The molecule has 0 atom stereocenters. The van der Waals surface area contributed by atoms with E-state index < -0.39 is 0 Å². The number of carbonyl (C=O) groups is 1. The Balaban J connectivity index is 2.23. The number of aryl methyl sites for hydroxylation is 2. The highest BCUT2D eigenvalue weighted by atomic mass is 35.5. The first-order valence-electron chi connectivity index (χ1n) is 5.54. The molecule has 0 saturated carbocycles. The van der Waals surface area contributed by atoms with Crippen molar-refractivity contribution in [3.05, 3.63) is 51.5 Å². The van der Waals surface area contributed by atoms with Gasteiger partial charge in [0, 0.05) is 11.9 Å². The van der Waals surface area contributed by atoms with Crippen molar-refractivity contribution in [3.63, 3.8) is 0 Å². The number of benzene rings is 1. The normalized spacial score (nSPS) is 10.3. The van der Waals surface area contributed by atoms with Gasteiger partial charge >= 0.3 is 0 Å². The summed E-state index contributed by atoms with van der Waals surface area (Å²) in [5.74, 6) is 0.347. The van der Waals surface area contributed by atoms with Crippen molar-refractivity contribution < 1.29 is 4.79 Å². The number of hydrogen-bond acceptors (Lipinski definition) is 3. The van der Waals surface area contributed by atoms with E-state index >= 15 is 0 Å². The second kappa shape index (κ2) is 5.55. The minimum atomic E-state index is -0.282. The van der Waals surface area contributed by atoms with E-state index in [0.717, 1.165) is 0 Å². The van der Waals surface area contributed by atoms with Crippen molar-refractivity contribution in [2.45, 2.75) is 13.8 Å². The van der Waals surface area contributed by atoms with Gasteiger partial charge in [0.2, 0.25) is 0 Å². The molecule has 19 heavy (non-hydrogen) atoms. The number of aromatic nitrogens is 2. The number of hydrogen-bond donors (Lipinski definition) is 1. The molecule has 98 valence electrons. The zero-order chi connectivity index (χ0) is 14.0. The molecule has 6 heteroatoms. The lowest BCUT2D eigenvalue weighted by Gasteiger charge is -2.08. The van der Waals surface area contributed by atoms with Gasteiger partial charge in [-0.25, -0.2) is 9.97 Å². The molecule has 0 aliphatic carbocycles. The average molecular weight is 296 g/mol. The fraction of sp³-hybridized carbons (Fsp3) is 0.154. The van der Waals surface area contributed by atoms with Crippen LogP contribution in [0.25, 0.3) is 0 Å². The molecule has 0 unspecified atom stereocenters. The minimum absolute atomic E-state index is 0.282. The Morgan fingerprint density at radius 3 is 2.58 bits per heavy atom. The smallest absolute Gasteiger partial charge is 0.259 e. The first-order valence-corrected chi connectivity index (χ1v) is 6.29. The molecule has 1 aromatic heterocycles. The van der Waals surface area contributed by atoms with Crippen molar-refractivity contribution in [1.29, 1.82) is 0 Å². The van der Waals surface area contributed by atoms with Gasteiger partial charge in [0.1, 0.15) is 5.82 Å². The number of nitrogens with one attached hydrogen (secondary N) is 1. The minimum Gasteiger partial charge on any atom is -0.322 e. The molecule has 2 rings (SSSR count). The molecule has 1 N–H and O–H groups in total. The van der Waals surface area contributed by atoms with Crippen molar-refractivity contribution >= 4 is 34.8 Å². The number of carbonyl (C=O) groups excluding carboxylic acids is 1. The fourth-order valence-electron chi connectivity index (χ4n) is 1.58. The Hall–Kier alpha value is -1.65. The highest BCUT2D eigenvalue weighted by Gasteiger charge is 2.11. The van der Waals surface area contributed by atoms with Gasteiger partial charge < -0.3 is 5.32 Å². The van der Waals surface area contributed by atoms with Crippen molar-refractivity contribution in [2.75, 3.05) is 5.32 Å². The molecule has 0 fully saturated rings. The van der Waals surface area contributed by atoms with Crippen LogP contribution >= 0.6 is 23.2 Å². The lowest BCUT2D eigenvalue weighted by atomic mass is 10.2. The van der Waals surface area contributed by atoms with Crippen molar-refractivity contribution in [2.24, 2.45) is 0 Å². The van der Waals surface area contributed by atoms with Crippen LogP contribution < -0.4 is 5.32 Å². The molecule has 0 radical (unpaired) electrons. The summed E-state index contributed by atoms with van der Waals surface area (Å²) >= 11 is 11.7. The summed E-state index contributed by atoms with van der Waals surface area (Å²) in [5, 5.41) is 3.55. The summed E-state index contributed by atoms with van der Waals surface area (Å²) in [6, 6.07) is 4.89. The highest BCUT2D eigenvalue weighted by Crippen LogP contribution is 2.25. The fourth-order valence-corrected chi connectivity index (χ4v) is 1.88. The van der Waals surface area contributed by atoms with E-state index in [9.17, 15) is 4.79 Å². The van der Waals surface area contributed by atoms with E-state index in [1.54, 1.807) is 32.0 Å². The van der Waals surface area contributed by atoms with E-state index in [-0.39, 0.29) is 5.91 Å². The van der Waals surface area contributed by atoms with Gasteiger partial charge in [0.05, 0.1) is 21.3 Å². The van der Waals surface area contributed by atoms with Crippen LogP contribution in [0.5, 0.6) is 0 Å². The summed E-state index contributed by atoms with van der Waals surface area (Å²) in [5.41, 5.74) is 1.63. The third-order valence-corrected chi connectivity index (χ3v) is 3.26. The Morgan fingerprint density at radius 1 is 1.21 bits per heavy atom. The van der Waals surface area contributed by atoms with Gasteiger partial charge in [0.25, 0.3) is 5.91 Å². The maximum atomic E-state index is 12.1. The molecule has 0 spiro atoms. The molecule has 1 amide bonds. The number of anilines is 1. The van der Waals surface area contributed by atoms with Crippen molar-refractivity contribution in [1.82, 2.24) is 9.97 Å². The van der Waals surface area contributed by atoms with Crippen LogP contribution in [0.3, 0.4) is 0 Å². The van der Waals surface area contributed by atoms with Gasteiger partial charge in [-0.05, 0) is 32.0 Å². The number of nitrogens with zero attached hydrogens (tertiary/aromatic N) is 2. The lowest BCUT2D eigenvalue weighted by molar-refractivity contribution is 0.102. The molecule has 0 saturated heterocycles. The SMILES string of the molecule is Cc1ncc(C(=O)Nc2ccc(Cl)c(Cl)c2)c(C)n1. The summed E-state index contributed by atoms with van der Waals surface area (Å²) in [7, 11) is 0. The molecule has 1 aromatic carbocycles. The average Bonchev–Trinajstić information content (AvgIpc) is 2.33. The van der Waals surface area contributed by atoms with Crippen LogP contribution in [0.2, 0.25) is 10.0 Å². The van der Waals surface area contributed by atoms with E-state index in [1.807, 2.05) is 0 Å². The standard InChI is InChI=1S/C13H11Cl2N3O/c1-7-10(6-16-8(2)17-7)13(19)18-9-3-4-11(14)12(15)5-9/h3-6H,1-2H3,(H,18,19). The Labute approximate surface area is 120 Å². The number of amides is 1. The van der Waals surface area contributed by atoms with E-state index in [1.165, 1.54) is 6.20 Å². The second-order valence-electron chi connectivity index (χ2n) is 4.00. The van der Waals surface area contributed by atoms with E-state index in [0.29, 0.717) is 32.8 Å². The monoisotopic (exact) mass is 295 g/mol. The zero-order valence-corrected chi connectivity index (χ0v) is 11.9. The van der Waals surface area contributed by atoms with Gasteiger partial charge in [-0.15, -0.1) is 0 Å². The summed E-state index contributed by atoms with van der Waals surface area (Å²) in [6.07, 6.45) is 1.50. The summed E-state index contributed by atoms with van der Waals surface area (Å²) in [6.45, 7) is 3.53. The topological polar surface area (TPSA) is 54.9 Å². The number of rotatable bonds is 2. The first-order chi connectivity index (χ1) is 8.97. The van der Waals surface area contributed by atoms with Crippen molar-refractivity contribution in [3.8, 4) is 0 Å². The third kappa shape index (κ3) is 3.22. The van der Waals surface area contributed by atoms with Crippen LogP contribution in [0.15, 0.2) is 24.4 Å². The van der Waals surface area contributed by atoms with Crippen LogP contribution in [0.4, 0.5) is 5.69 Å². The van der Waals surface area contributed by atoms with Crippen LogP contribution in [-0.4, -0.2) is 15.9 Å². The summed E-state index contributed by atoms with van der Waals surface area (Å²) in [4.78, 5) is 20.2. The van der Waals surface area contributed by atoms with Crippen LogP contribution in [0, 0.1) is 13.8 Å². The predicted molar refractivity (Wildman–Crippen MR) is 75.9 cm³/mol. The maximum Gasteiger partial charge on any atom is 0.259 e. The molecular formula is C13H11Cl2N3O. The number of halogens is 2. The Bertz CT molecular complexity index is 644. The van der Waals surface area contributed by atoms with Gasteiger partial charge in [-0.1, -0.05) is 23.2 Å². The van der Waals surface area contributed by atoms with E-state index in [2.05, 4.69) is 15.3 Å². The first kappa shape index (κ1) is 13.8. The second-order valence-corrected chi connectivity index (χ2v) is 4.81. The molecule has 0 aliphatic heterocycles. The predicted octanol–water partition coefficient (Wildman–Crippen LogP) is 3.65. The van der Waals surface area contributed by atoms with E-state index in [4.69, 9.17) is 23.2 Å². The quantitative estimate of drug-likeness (QED) is 0.920. The van der Waals surface area contributed by atoms with Crippen LogP contribution in [-0.2, 0) is 0 Å². The lowest BCUT2D eigenvalue weighted by Crippen LogP contribution is -2.15. The highest BCUT2D eigenvalue weighted by molar-refractivity contribution is 6.42. The molecule has 4 nitrogen and oxygen atoms in total. The molecule has 0 bridgehead atoms. The summed E-state index contributed by atoms with van der Waals surface area (Å²) < 4.78 is 0. The molecular weight excluding hydrogens is 285 g/mol. The van der Waals surface area contributed by atoms with Gasteiger partial charge in [-0.3, -0.25) is 4.79 Å². The largest absolute Gasteiger partial charge is 0.322 e. The maximum absolute atomic E-state index is 12.1. The third-order valence-electron chi connectivity index (χ3n) is 2.52. The van der Waals surface area contributed by atoms with Crippen LogP contribution in [0.1, 0.15) is 21.9 Å².